The summed E-state index contributed by atoms with van der Waals surface area (Å²) in [4.78, 5) is 14.8. The number of carbonyl (C=O) groups excluding carboxylic acids is 1. The van der Waals surface area contributed by atoms with Gasteiger partial charge in [-0.1, -0.05) is 6.92 Å². The van der Waals surface area contributed by atoms with Crippen LogP contribution in [0.5, 0.6) is 0 Å². The molecule has 0 spiro atoms. The van der Waals surface area contributed by atoms with Crippen LogP contribution in [-0.4, -0.2) is 36.5 Å². The lowest BCUT2D eigenvalue weighted by molar-refractivity contribution is -0.134. The zero-order valence-corrected chi connectivity index (χ0v) is 12.0. The van der Waals surface area contributed by atoms with E-state index < -0.39 is 0 Å². The van der Waals surface area contributed by atoms with Gasteiger partial charge in [-0.15, -0.1) is 0 Å². The Morgan fingerprint density at radius 3 is 2.32 bits per heavy atom. The molecule has 1 aliphatic heterocycles. The first-order valence-corrected chi connectivity index (χ1v) is 8.31. The topological polar surface area (TPSA) is 32.3 Å². The zero-order chi connectivity index (χ0) is 13.0. The fourth-order valence-electron chi connectivity index (χ4n) is 5.46. The highest BCUT2D eigenvalue weighted by atomic mass is 16.2. The quantitative estimate of drug-likeness (QED) is 0.842. The van der Waals surface area contributed by atoms with Crippen molar-refractivity contribution in [1.29, 1.82) is 0 Å². The number of nitrogens with one attached hydrogen (secondary N) is 1. The van der Waals surface area contributed by atoms with E-state index >= 15 is 0 Å². The minimum Gasteiger partial charge on any atom is -0.342 e. The molecule has 4 rings (SSSR count). The van der Waals surface area contributed by atoms with Crippen LogP contribution in [0.3, 0.4) is 0 Å². The predicted octanol–water partition coefficient (Wildman–Crippen LogP) is 1.88. The van der Waals surface area contributed by atoms with Gasteiger partial charge >= 0.3 is 0 Å². The first kappa shape index (κ1) is 12.2. The van der Waals surface area contributed by atoms with Gasteiger partial charge in [0.05, 0.1) is 0 Å². The third-order valence-corrected chi connectivity index (χ3v) is 6.32. The summed E-state index contributed by atoms with van der Waals surface area (Å²) in [6.07, 6.45) is 6.57. The average molecular weight is 262 g/mol. The maximum absolute atomic E-state index is 12.7. The molecule has 3 nitrogen and oxygen atoms in total. The minimum atomic E-state index is 0.446. The number of amides is 1. The Morgan fingerprint density at radius 1 is 1.11 bits per heavy atom. The van der Waals surface area contributed by atoms with Crippen molar-refractivity contribution < 1.29 is 4.79 Å². The molecular formula is C16H26N2O. The third kappa shape index (κ3) is 1.84. The Bertz CT molecular complexity index is 359. The molecule has 4 aliphatic rings. The number of carbonyl (C=O) groups is 1. The lowest BCUT2D eigenvalue weighted by Crippen LogP contribution is -2.45. The van der Waals surface area contributed by atoms with Crippen LogP contribution in [0, 0.1) is 29.6 Å². The summed E-state index contributed by atoms with van der Waals surface area (Å²) < 4.78 is 0. The molecule has 3 heteroatoms. The molecule has 1 N–H and O–H groups in total. The molecule has 1 heterocycles. The molecule has 1 amide bonds. The number of nitrogens with zero attached hydrogens (tertiary/aromatic N) is 1. The fourth-order valence-corrected chi connectivity index (χ4v) is 5.46. The maximum atomic E-state index is 12.7. The van der Waals surface area contributed by atoms with Gasteiger partial charge in [0.1, 0.15) is 0 Å². The fraction of sp³-hybridized carbons (Fsp3) is 0.938. The van der Waals surface area contributed by atoms with E-state index in [1.165, 1.54) is 19.3 Å². The Labute approximate surface area is 116 Å². The zero-order valence-electron chi connectivity index (χ0n) is 12.0. The van der Waals surface area contributed by atoms with Gasteiger partial charge in [-0.25, -0.2) is 0 Å². The van der Waals surface area contributed by atoms with Crippen molar-refractivity contribution in [3.63, 3.8) is 0 Å². The van der Waals surface area contributed by atoms with Crippen molar-refractivity contribution in [2.75, 3.05) is 19.6 Å². The molecule has 0 aromatic rings. The van der Waals surface area contributed by atoms with Crippen LogP contribution >= 0.6 is 0 Å². The van der Waals surface area contributed by atoms with E-state index in [2.05, 4.69) is 17.1 Å². The smallest absolute Gasteiger partial charge is 0.226 e. The van der Waals surface area contributed by atoms with Gasteiger partial charge in [-0.2, -0.15) is 0 Å². The molecule has 2 bridgehead atoms. The molecule has 106 valence electrons. The van der Waals surface area contributed by atoms with E-state index in [4.69, 9.17) is 0 Å². The molecule has 0 aromatic carbocycles. The van der Waals surface area contributed by atoms with Crippen LogP contribution in [0.15, 0.2) is 0 Å². The van der Waals surface area contributed by atoms with Crippen LogP contribution in [0.1, 0.15) is 39.0 Å². The van der Waals surface area contributed by atoms with Crippen molar-refractivity contribution >= 4 is 5.91 Å². The number of likely N-dealkylation sites (tertiary alicyclic amines) is 1. The molecule has 1 saturated heterocycles. The van der Waals surface area contributed by atoms with Gasteiger partial charge in [-0.3, -0.25) is 4.79 Å². The van der Waals surface area contributed by atoms with Crippen LogP contribution in [0.25, 0.3) is 0 Å². The highest BCUT2D eigenvalue weighted by molar-refractivity contribution is 5.83. The SMILES string of the molecule is CCNC1CCN(C(=O)C2C3C4CCC(C4)C23)CC1. The molecular weight excluding hydrogens is 236 g/mol. The van der Waals surface area contributed by atoms with Crippen molar-refractivity contribution in [1.82, 2.24) is 10.2 Å². The summed E-state index contributed by atoms with van der Waals surface area (Å²) in [6, 6.07) is 0.643. The second-order valence-corrected chi connectivity index (χ2v) is 7.17. The van der Waals surface area contributed by atoms with E-state index in [1.54, 1.807) is 0 Å². The first-order valence-electron chi connectivity index (χ1n) is 8.31. The lowest BCUT2D eigenvalue weighted by atomic mass is 9.99. The van der Waals surface area contributed by atoms with Gasteiger partial charge in [0, 0.05) is 25.0 Å². The van der Waals surface area contributed by atoms with E-state index in [0.29, 0.717) is 17.9 Å². The molecule has 3 aliphatic carbocycles. The highest BCUT2D eigenvalue weighted by Gasteiger charge is 2.67. The van der Waals surface area contributed by atoms with E-state index in [1.807, 2.05) is 0 Å². The predicted molar refractivity (Wildman–Crippen MR) is 74.6 cm³/mol. The Kier molecular flexibility index (Phi) is 2.87. The first-order chi connectivity index (χ1) is 9.29. The van der Waals surface area contributed by atoms with E-state index in [0.717, 1.165) is 56.1 Å². The summed E-state index contributed by atoms with van der Waals surface area (Å²) in [5.74, 6) is 4.41. The number of hydrogen-bond donors (Lipinski definition) is 1. The van der Waals surface area contributed by atoms with Crippen molar-refractivity contribution in [2.24, 2.45) is 29.6 Å². The van der Waals surface area contributed by atoms with Gasteiger partial charge in [-0.05, 0) is 62.3 Å². The molecule has 3 saturated carbocycles. The molecule has 0 aromatic heterocycles. The van der Waals surface area contributed by atoms with Gasteiger partial charge in [0.2, 0.25) is 5.91 Å². The lowest BCUT2D eigenvalue weighted by Gasteiger charge is -2.33. The average Bonchev–Trinajstić information content (AvgIpc) is 2.87. The van der Waals surface area contributed by atoms with Gasteiger partial charge in [0.15, 0.2) is 0 Å². The van der Waals surface area contributed by atoms with Crippen molar-refractivity contribution in [2.45, 2.75) is 45.1 Å². The summed E-state index contributed by atoms with van der Waals surface area (Å²) in [7, 11) is 0. The Morgan fingerprint density at radius 2 is 1.74 bits per heavy atom. The molecule has 4 fully saturated rings. The molecule has 0 radical (unpaired) electrons. The maximum Gasteiger partial charge on any atom is 0.226 e. The molecule has 4 atom stereocenters. The van der Waals surface area contributed by atoms with Crippen molar-refractivity contribution in [3.05, 3.63) is 0 Å². The summed E-state index contributed by atoms with van der Waals surface area (Å²) in [6.45, 7) is 5.19. The van der Waals surface area contributed by atoms with Crippen LogP contribution < -0.4 is 5.32 Å². The monoisotopic (exact) mass is 262 g/mol. The van der Waals surface area contributed by atoms with Gasteiger partial charge in [0.25, 0.3) is 0 Å². The minimum absolute atomic E-state index is 0.446. The second kappa shape index (κ2) is 4.47. The summed E-state index contributed by atoms with van der Waals surface area (Å²) in [5, 5.41) is 3.51. The summed E-state index contributed by atoms with van der Waals surface area (Å²) in [5.41, 5.74) is 0. The molecule has 4 unspecified atom stereocenters. The molecule has 19 heavy (non-hydrogen) atoms. The highest BCUT2D eigenvalue weighted by Crippen LogP contribution is 2.69. The Hall–Kier alpha value is -0.570. The van der Waals surface area contributed by atoms with Crippen molar-refractivity contribution in [3.8, 4) is 0 Å². The number of hydrogen-bond acceptors (Lipinski definition) is 2. The van der Waals surface area contributed by atoms with E-state index in [9.17, 15) is 4.79 Å². The number of rotatable bonds is 3. The number of piperidine rings is 1. The third-order valence-electron chi connectivity index (χ3n) is 6.32. The largest absolute Gasteiger partial charge is 0.342 e. The van der Waals surface area contributed by atoms with Crippen LogP contribution in [0.4, 0.5) is 0 Å². The second-order valence-electron chi connectivity index (χ2n) is 7.17. The number of fused-ring (bicyclic) bond motifs is 5. The summed E-state index contributed by atoms with van der Waals surface area (Å²) >= 11 is 0. The normalized spacial score (nSPS) is 44.5. The van der Waals surface area contributed by atoms with E-state index in [-0.39, 0.29) is 0 Å². The Balaban J connectivity index is 1.34. The van der Waals surface area contributed by atoms with Gasteiger partial charge < -0.3 is 10.2 Å². The van der Waals surface area contributed by atoms with Crippen LogP contribution in [-0.2, 0) is 4.79 Å². The van der Waals surface area contributed by atoms with Crippen LogP contribution in [0.2, 0.25) is 0 Å². The standard InChI is InChI=1S/C16H26N2O/c1-2-17-12-5-7-18(8-6-12)16(19)15-13-10-3-4-11(9-10)14(13)15/h10-15,17H,2-9H2,1H3.